The predicted octanol–water partition coefficient (Wildman–Crippen LogP) is 3.21. The fourth-order valence-electron chi connectivity index (χ4n) is 2.61. The van der Waals surface area contributed by atoms with Crippen LogP contribution in [-0.2, 0) is 6.42 Å². The summed E-state index contributed by atoms with van der Waals surface area (Å²) in [6, 6.07) is 0.313. The van der Waals surface area contributed by atoms with Crippen molar-refractivity contribution in [3.8, 4) is 0 Å². The Balaban J connectivity index is 1.84. The number of nitrogens with zero attached hydrogens (tertiary/aromatic N) is 1. The molecular formula is C13H22N2S. The van der Waals surface area contributed by atoms with E-state index in [9.17, 15) is 0 Å². The number of hydrogen-bond donors (Lipinski definition) is 1. The van der Waals surface area contributed by atoms with Crippen molar-refractivity contribution in [3.63, 3.8) is 0 Å². The quantitative estimate of drug-likeness (QED) is 0.875. The molecule has 0 amide bonds. The summed E-state index contributed by atoms with van der Waals surface area (Å²) in [6.45, 7) is 4.22. The van der Waals surface area contributed by atoms with Gasteiger partial charge in [-0.05, 0) is 26.2 Å². The first-order valence-electron chi connectivity index (χ1n) is 6.33. The molecule has 1 saturated carbocycles. The smallest absolute Gasteiger partial charge is 0.0946 e. The van der Waals surface area contributed by atoms with Crippen molar-refractivity contribution in [2.24, 2.45) is 11.7 Å². The van der Waals surface area contributed by atoms with E-state index >= 15 is 0 Å². The van der Waals surface area contributed by atoms with Gasteiger partial charge in [0.2, 0.25) is 0 Å². The van der Waals surface area contributed by atoms with Gasteiger partial charge >= 0.3 is 0 Å². The molecule has 1 aliphatic rings. The molecule has 1 aliphatic carbocycles. The first-order valence-corrected chi connectivity index (χ1v) is 7.15. The molecule has 0 spiro atoms. The van der Waals surface area contributed by atoms with Crippen molar-refractivity contribution in [3.05, 3.63) is 15.6 Å². The Morgan fingerprint density at radius 3 is 2.62 bits per heavy atom. The van der Waals surface area contributed by atoms with E-state index < -0.39 is 0 Å². The van der Waals surface area contributed by atoms with Crippen LogP contribution in [0.3, 0.4) is 0 Å². The third-order valence-corrected chi connectivity index (χ3v) is 4.72. The van der Waals surface area contributed by atoms with Crippen molar-refractivity contribution in [2.45, 2.75) is 58.4 Å². The van der Waals surface area contributed by atoms with Crippen LogP contribution < -0.4 is 5.73 Å². The van der Waals surface area contributed by atoms with Crippen molar-refractivity contribution in [1.82, 2.24) is 4.98 Å². The molecule has 1 fully saturated rings. The minimum atomic E-state index is 0.313. The fraction of sp³-hybridized carbons (Fsp3) is 0.769. The third-order valence-electron chi connectivity index (χ3n) is 3.62. The predicted molar refractivity (Wildman–Crippen MR) is 69.8 cm³/mol. The number of aryl methyl sites for hydroxylation is 2. The maximum atomic E-state index is 6.21. The second kappa shape index (κ2) is 5.28. The van der Waals surface area contributed by atoms with Crippen LogP contribution in [0, 0.1) is 19.8 Å². The first kappa shape index (κ1) is 12.1. The highest BCUT2D eigenvalue weighted by Crippen LogP contribution is 2.29. The summed E-state index contributed by atoms with van der Waals surface area (Å²) in [7, 11) is 0. The lowest BCUT2D eigenvalue weighted by Gasteiger charge is -2.14. The summed E-state index contributed by atoms with van der Waals surface area (Å²) in [5, 5.41) is 1.22. The highest BCUT2D eigenvalue weighted by atomic mass is 32.1. The molecule has 3 heteroatoms. The number of nitrogens with two attached hydrogens (primary N) is 1. The second-order valence-corrected chi connectivity index (χ2v) is 6.39. The van der Waals surface area contributed by atoms with E-state index in [4.69, 9.17) is 5.73 Å². The number of aromatic nitrogens is 1. The number of thiazole rings is 1. The van der Waals surface area contributed by atoms with E-state index in [0.29, 0.717) is 6.04 Å². The minimum absolute atomic E-state index is 0.313. The van der Waals surface area contributed by atoms with Crippen molar-refractivity contribution >= 4 is 11.3 Å². The zero-order valence-corrected chi connectivity index (χ0v) is 11.1. The summed E-state index contributed by atoms with van der Waals surface area (Å²) in [5.74, 6) is 0.886. The molecular weight excluding hydrogens is 216 g/mol. The molecule has 1 aromatic heterocycles. The van der Waals surface area contributed by atoms with E-state index in [0.717, 1.165) is 12.3 Å². The summed E-state index contributed by atoms with van der Waals surface area (Å²) in [4.78, 5) is 5.90. The highest BCUT2D eigenvalue weighted by molar-refractivity contribution is 7.11. The van der Waals surface area contributed by atoms with Gasteiger partial charge < -0.3 is 5.73 Å². The van der Waals surface area contributed by atoms with Gasteiger partial charge in [-0.2, -0.15) is 0 Å². The average molecular weight is 238 g/mol. The lowest BCUT2D eigenvalue weighted by molar-refractivity contribution is 0.440. The van der Waals surface area contributed by atoms with E-state index in [1.807, 2.05) is 11.3 Å². The Morgan fingerprint density at radius 1 is 1.38 bits per heavy atom. The molecule has 90 valence electrons. The summed E-state index contributed by atoms with van der Waals surface area (Å²) in [5.41, 5.74) is 7.39. The van der Waals surface area contributed by atoms with Gasteiger partial charge in [0.05, 0.1) is 10.7 Å². The maximum absolute atomic E-state index is 6.21. The normalized spacial score (nSPS) is 19.2. The molecule has 0 aliphatic heterocycles. The van der Waals surface area contributed by atoms with Crippen LogP contribution in [0.15, 0.2) is 0 Å². The van der Waals surface area contributed by atoms with Gasteiger partial charge in [0.1, 0.15) is 0 Å². The van der Waals surface area contributed by atoms with E-state index in [-0.39, 0.29) is 0 Å². The highest BCUT2D eigenvalue weighted by Gasteiger charge is 2.19. The van der Waals surface area contributed by atoms with Crippen LogP contribution in [0.2, 0.25) is 0 Å². The molecule has 2 nitrogen and oxygen atoms in total. The largest absolute Gasteiger partial charge is 0.327 e. The van der Waals surface area contributed by atoms with Crippen LogP contribution in [0.1, 0.15) is 47.7 Å². The summed E-state index contributed by atoms with van der Waals surface area (Å²) < 4.78 is 0. The van der Waals surface area contributed by atoms with Gasteiger partial charge in [-0.25, -0.2) is 4.98 Å². The van der Waals surface area contributed by atoms with Crippen molar-refractivity contribution in [2.75, 3.05) is 0 Å². The number of hydrogen-bond acceptors (Lipinski definition) is 3. The lowest BCUT2D eigenvalue weighted by atomic mass is 9.97. The molecule has 16 heavy (non-hydrogen) atoms. The van der Waals surface area contributed by atoms with Gasteiger partial charge in [0.25, 0.3) is 0 Å². The zero-order valence-electron chi connectivity index (χ0n) is 10.3. The molecule has 1 heterocycles. The SMILES string of the molecule is Cc1nc(CC(N)CC2CCCC2)sc1C. The van der Waals surface area contributed by atoms with Gasteiger partial charge in [-0.1, -0.05) is 25.7 Å². The van der Waals surface area contributed by atoms with E-state index in [1.165, 1.54) is 47.7 Å². The topological polar surface area (TPSA) is 38.9 Å². The molecule has 0 saturated heterocycles. The Morgan fingerprint density at radius 2 is 2.06 bits per heavy atom. The van der Waals surface area contributed by atoms with Gasteiger partial charge in [0, 0.05) is 17.3 Å². The third kappa shape index (κ3) is 3.05. The number of rotatable bonds is 4. The molecule has 1 unspecified atom stereocenters. The second-order valence-electron chi connectivity index (χ2n) is 5.10. The monoisotopic (exact) mass is 238 g/mol. The van der Waals surface area contributed by atoms with Crippen molar-refractivity contribution in [1.29, 1.82) is 0 Å². The Bertz CT molecular complexity index is 320. The maximum Gasteiger partial charge on any atom is 0.0946 e. The van der Waals surface area contributed by atoms with E-state index in [1.54, 1.807) is 0 Å². The molecule has 2 N–H and O–H groups in total. The average Bonchev–Trinajstić information content (AvgIpc) is 2.78. The first-order chi connectivity index (χ1) is 7.65. The van der Waals surface area contributed by atoms with Crippen LogP contribution in [0.4, 0.5) is 0 Å². The Kier molecular flexibility index (Phi) is 3.98. The van der Waals surface area contributed by atoms with Crippen molar-refractivity contribution < 1.29 is 0 Å². The molecule has 0 aromatic carbocycles. The fourth-order valence-corrected chi connectivity index (χ4v) is 3.64. The lowest BCUT2D eigenvalue weighted by Crippen LogP contribution is -2.25. The Hall–Kier alpha value is -0.410. The molecule has 2 rings (SSSR count). The molecule has 0 bridgehead atoms. The van der Waals surface area contributed by atoms with Gasteiger partial charge in [-0.3, -0.25) is 0 Å². The Labute approximate surface area is 102 Å². The zero-order chi connectivity index (χ0) is 11.5. The van der Waals surface area contributed by atoms with Crippen LogP contribution >= 0.6 is 11.3 Å². The van der Waals surface area contributed by atoms with Gasteiger partial charge in [-0.15, -0.1) is 11.3 Å². The van der Waals surface area contributed by atoms with Crippen LogP contribution in [0.25, 0.3) is 0 Å². The van der Waals surface area contributed by atoms with Gasteiger partial charge in [0.15, 0.2) is 0 Å². The minimum Gasteiger partial charge on any atom is -0.327 e. The molecule has 1 aromatic rings. The van der Waals surface area contributed by atoms with Crippen LogP contribution in [0.5, 0.6) is 0 Å². The molecule has 1 atom stereocenters. The molecule has 0 radical (unpaired) electrons. The standard InChI is InChI=1S/C13H22N2S/c1-9-10(2)16-13(15-9)8-12(14)7-11-5-3-4-6-11/h11-12H,3-8,14H2,1-2H3. The van der Waals surface area contributed by atoms with Crippen LogP contribution in [-0.4, -0.2) is 11.0 Å². The summed E-state index contributed by atoms with van der Waals surface area (Å²) in [6.07, 6.45) is 7.76. The van der Waals surface area contributed by atoms with E-state index in [2.05, 4.69) is 18.8 Å². The summed E-state index contributed by atoms with van der Waals surface area (Å²) >= 11 is 1.81.